The van der Waals surface area contributed by atoms with Crippen molar-refractivity contribution in [3.8, 4) is 0 Å². The second-order valence-electron chi connectivity index (χ2n) is 6.07. The minimum atomic E-state index is -0.535. The molecule has 1 fully saturated rings. The second-order valence-corrected chi connectivity index (χ2v) is 6.07. The van der Waals surface area contributed by atoms with Crippen LogP contribution in [0.2, 0.25) is 0 Å². The molecule has 2 aliphatic heterocycles. The molecular formula is C14H21N5O3. The number of hydrogen-bond acceptors (Lipinski definition) is 6. The molecular weight excluding hydrogens is 286 g/mol. The lowest BCUT2D eigenvalue weighted by Crippen LogP contribution is -2.47. The quantitative estimate of drug-likeness (QED) is 0.678. The topological polar surface area (TPSA) is 114 Å². The zero-order valence-corrected chi connectivity index (χ0v) is 12.9. The summed E-state index contributed by atoms with van der Waals surface area (Å²) in [5.74, 6) is 0.473. The summed E-state index contributed by atoms with van der Waals surface area (Å²) >= 11 is 0. The third kappa shape index (κ3) is 2.06. The van der Waals surface area contributed by atoms with Crippen molar-refractivity contribution in [1.82, 2.24) is 14.9 Å². The number of guanidine groups is 1. The number of aromatic amines is 1. The highest BCUT2D eigenvalue weighted by molar-refractivity contribution is 5.78. The van der Waals surface area contributed by atoms with Crippen molar-refractivity contribution < 1.29 is 4.74 Å². The molecule has 1 saturated heterocycles. The number of aryl methyl sites for hydroxylation is 1. The van der Waals surface area contributed by atoms with E-state index in [1.165, 1.54) is 10.8 Å². The lowest BCUT2D eigenvalue weighted by Gasteiger charge is -2.29. The van der Waals surface area contributed by atoms with Crippen LogP contribution in [0.4, 0.5) is 0 Å². The normalized spacial score (nSPS) is 34.0. The summed E-state index contributed by atoms with van der Waals surface area (Å²) in [5, 5.41) is 3.14. The average Bonchev–Trinajstić information content (AvgIpc) is 2.66. The van der Waals surface area contributed by atoms with Crippen molar-refractivity contribution in [2.75, 3.05) is 6.54 Å². The Labute approximate surface area is 127 Å². The molecule has 2 bridgehead atoms. The van der Waals surface area contributed by atoms with Gasteiger partial charge >= 0.3 is 5.69 Å². The molecule has 1 aromatic rings. The molecule has 0 aliphatic carbocycles. The van der Waals surface area contributed by atoms with Crippen LogP contribution in [-0.2, 0) is 4.74 Å². The minimum Gasteiger partial charge on any atom is -0.370 e. The van der Waals surface area contributed by atoms with Crippen LogP contribution in [0.25, 0.3) is 0 Å². The Morgan fingerprint density at radius 3 is 2.95 bits per heavy atom. The number of ether oxygens (including phenoxy) is 1. The van der Waals surface area contributed by atoms with Gasteiger partial charge in [-0.15, -0.1) is 0 Å². The Hall–Kier alpha value is -2.09. The van der Waals surface area contributed by atoms with E-state index in [1.54, 1.807) is 6.92 Å². The standard InChI is InChI=1S/C14H21N5O3/c1-4-14-6-16-12(15)17-9(8(14)3)11(22-14)19-5-7(2)10(20)18-13(19)21/h5,8-9,11H,4,6H2,1-3H3,(H3,15,16,17)(H,18,20,21)/t8-,9?,11-,14+/m1/s1. The van der Waals surface area contributed by atoms with Crippen LogP contribution in [0.3, 0.4) is 0 Å². The van der Waals surface area contributed by atoms with E-state index in [9.17, 15) is 9.59 Å². The maximum absolute atomic E-state index is 12.2. The van der Waals surface area contributed by atoms with Gasteiger partial charge in [-0.25, -0.2) is 4.79 Å². The minimum absolute atomic E-state index is 0.117. The van der Waals surface area contributed by atoms with Gasteiger partial charge in [0.05, 0.1) is 18.2 Å². The van der Waals surface area contributed by atoms with Crippen molar-refractivity contribution >= 4 is 5.96 Å². The summed E-state index contributed by atoms with van der Waals surface area (Å²) in [4.78, 5) is 30.3. The molecule has 0 spiro atoms. The summed E-state index contributed by atoms with van der Waals surface area (Å²) in [6, 6.07) is -0.186. The smallest absolute Gasteiger partial charge is 0.330 e. The number of nitrogens with zero attached hydrogens (tertiary/aromatic N) is 2. The molecule has 8 heteroatoms. The maximum atomic E-state index is 12.2. The predicted molar refractivity (Wildman–Crippen MR) is 81.8 cm³/mol. The summed E-state index contributed by atoms with van der Waals surface area (Å²) < 4.78 is 7.67. The third-order valence-corrected chi connectivity index (χ3v) is 4.88. The molecule has 4 N–H and O–H groups in total. The Kier molecular flexibility index (Phi) is 3.36. The zero-order valence-electron chi connectivity index (χ0n) is 12.9. The van der Waals surface area contributed by atoms with Crippen LogP contribution < -0.4 is 22.3 Å². The number of aromatic nitrogens is 2. The lowest BCUT2D eigenvalue weighted by molar-refractivity contribution is -0.0832. The second kappa shape index (κ2) is 4.98. The molecule has 8 nitrogen and oxygen atoms in total. The van der Waals surface area contributed by atoms with Gasteiger partial charge in [0.25, 0.3) is 5.56 Å². The van der Waals surface area contributed by atoms with Gasteiger partial charge in [-0.1, -0.05) is 13.8 Å². The largest absolute Gasteiger partial charge is 0.370 e. The van der Waals surface area contributed by atoms with Crippen LogP contribution in [-0.4, -0.2) is 33.7 Å². The van der Waals surface area contributed by atoms with E-state index in [4.69, 9.17) is 10.5 Å². The van der Waals surface area contributed by atoms with E-state index in [1.807, 2.05) is 6.92 Å². The fraction of sp³-hybridized carbons (Fsp3) is 0.643. The van der Waals surface area contributed by atoms with E-state index >= 15 is 0 Å². The molecule has 120 valence electrons. The van der Waals surface area contributed by atoms with Crippen LogP contribution in [0.15, 0.2) is 20.8 Å². The summed E-state index contributed by atoms with van der Waals surface area (Å²) in [5.41, 5.74) is 5.00. The predicted octanol–water partition coefficient (Wildman–Crippen LogP) is -0.555. The highest BCUT2D eigenvalue weighted by atomic mass is 16.5. The van der Waals surface area contributed by atoms with Gasteiger partial charge in [-0.2, -0.15) is 0 Å². The van der Waals surface area contributed by atoms with Crippen LogP contribution in [0, 0.1) is 12.8 Å². The van der Waals surface area contributed by atoms with E-state index in [2.05, 4.69) is 22.2 Å². The number of H-pyrrole nitrogens is 1. The van der Waals surface area contributed by atoms with Gasteiger partial charge in [-0.05, 0) is 13.3 Å². The van der Waals surface area contributed by atoms with Gasteiger partial charge in [0.2, 0.25) is 0 Å². The van der Waals surface area contributed by atoms with Crippen molar-refractivity contribution in [3.05, 3.63) is 32.6 Å². The lowest BCUT2D eigenvalue weighted by atomic mass is 9.84. The van der Waals surface area contributed by atoms with Gasteiger partial charge in [-0.3, -0.25) is 19.3 Å². The van der Waals surface area contributed by atoms with E-state index in [0.29, 0.717) is 18.1 Å². The fourth-order valence-corrected chi connectivity index (χ4v) is 3.33. The molecule has 1 unspecified atom stereocenters. The molecule has 3 rings (SSSR count). The number of fused-ring (bicyclic) bond motifs is 2. The Morgan fingerprint density at radius 2 is 2.27 bits per heavy atom. The van der Waals surface area contributed by atoms with Gasteiger partial charge in [0.1, 0.15) is 0 Å². The summed E-state index contributed by atoms with van der Waals surface area (Å²) in [6.45, 7) is 6.21. The Balaban J connectivity index is 2.10. The molecule has 0 saturated carbocycles. The molecule has 4 atom stereocenters. The van der Waals surface area contributed by atoms with Gasteiger partial charge < -0.3 is 15.8 Å². The molecule has 0 amide bonds. The fourth-order valence-electron chi connectivity index (χ4n) is 3.33. The highest BCUT2D eigenvalue weighted by Crippen LogP contribution is 2.44. The van der Waals surface area contributed by atoms with Crippen LogP contribution >= 0.6 is 0 Å². The average molecular weight is 307 g/mol. The Morgan fingerprint density at radius 1 is 1.55 bits per heavy atom. The molecule has 2 aliphatic rings. The number of hydrogen-bond donors (Lipinski definition) is 3. The first-order valence-corrected chi connectivity index (χ1v) is 7.44. The summed E-state index contributed by atoms with van der Waals surface area (Å²) in [7, 11) is 0. The van der Waals surface area contributed by atoms with Crippen molar-refractivity contribution in [1.29, 1.82) is 0 Å². The SMILES string of the molecule is CC[C@@]12CN=C(N)NC([C@H](n3cc(C)c(=O)[nH]c3=O)O1)[C@H]2C. The highest BCUT2D eigenvalue weighted by Gasteiger charge is 2.54. The van der Waals surface area contributed by atoms with E-state index < -0.39 is 17.5 Å². The van der Waals surface area contributed by atoms with E-state index in [-0.39, 0.29) is 17.5 Å². The molecule has 0 aromatic carbocycles. The van der Waals surface area contributed by atoms with Crippen LogP contribution in [0.1, 0.15) is 32.1 Å². The third-order valence-electron chi connectivity index (χ3n) is 4.88. The number of rotatable bonds is 2. The molecule has 3 heterocycles. The van der Waals surface area contributed by atoms with Crippen LogP contribution in [0.5, 0.6) is 0 Å². The summed E-state index contributed by atoms with van der Waals surface area (Å²) in [6.07, 6.45) is 1.76. The number of aliphatic imine (C=N–C) groups is 1. The maximum Gasteiger partial charge on any atom is 0.330 e. The van der Waals surface area contributed by atoms with Gasteiger partial charge in [0.15, 0.2) is 12.2 Å². The zero-order chi connectivity index (χ0) is 16.1. The first-order chi connectivity index (χ1) is 10.4. The number of nitrogens with one attached hydrogen (secondary N) is 2. The molecule has 1 aromatic heterocycles. The van der Waals surface area contributed by atoms with Gasteiger partial charge in [0, 0.05) is 17.7 Å². The number of nitrogens with two attached hydrogens (primary N) is 1. The molecule has 0 radical (unpaired) electrons. The first kappa shape index (κ1) is 14.8. The van der Waals surface area contributed by atoms with E-state index in [0.717, 1.165) is 6.42 Å². The van der Waals surface area contributed by atoms with Crippen molar-refractivity contribution in [2.24, 2.45) is 16.6 Å². The molecule has 22 heavy (non-hydrogen) atoms. The Bertz CT molecular complexity index is 737. The van der Waals surface area contributed by atoms with Crippen molar-refractivity contribution in [3.63, 3.8) is 0 Å². The van der Waals surface area contributed by atoms with Crippen molar-refractivity contribution in [2.45, 2.75) is 45.1 Å². The monoisotopic (exact) mass is 307 g/mol. The first-order valence-electron chi connectivity index (χ1n) is 7.44.